The molecule has 0 atom stereocenters. The van der Waals surface area contributed by atoms with E-state index in [9.17, 15) is 0 Å². The fraction of sp³-hybridized carbons (Fsp3) is 0.903. The predicted octanol–water partition coefficient (Wildman–Crippen LogP) is 9.96. The Hall–Kier alpha value is -0.790. The number of imidazole rings is 1. The van der Waals surface area contributed by atoms with E-state index in [0.717, 1.165) is 0 Å². The zero-order chi connectivity index (χ0) is 23.8. The number of nitrogens with zero attached hydrogens (tertiary/aromatic N) is 2. The van der Waals surface area contributed by atoms with Gasteiger partial charge in [-0.05, 0) is 32.1 Å². The van der Waals surface area contributed by atoms with Crippen molar-refractivity contribution in [2.45, 2.75) is 182 Å². The van der Waals surface area contributed by atoms with Gasteiger partial charge in [0.05, 0.1) is 13.1 Å². The van der Waals surface area contributed by atoms with E-state index in [1.54, 1.807) is 5.82 Å². The van der Waals surface area contributed by atoms with Crippen LogP contribution in [0.15, 0.2) is 12.4 Å². The van der Waals surface area contributed by atoms with Crippen LogP contribution in [0.2, 0.25) is 0 Å². The molecule has 0 amide bonds. The number of rotatable bonds is 25. The van der Waals surface area contributed by atoms with E-state index in [0.29, 0.717) is 0 Å². The minimum absolute atomic E-state index is 1.21. The molecule has 0 saturated heterocycles. The number of hydrogen-bond acceptors (Lipinski definition) is 0. The molecule has 0 N–H and O–H groups in total. The predicted molar refractivity (Wildman–Crippen MR) is 147 cm³/mol. The summed E-state index contributed by atoms with van der Waals surface area (Å²) in [7, 11) is 0. The average Bonchev–Trinajstić information content (AvgIpc) is 3.21. The first-order valence-electron chi connectivity index (χ1n) is 15.4. The van der Waals surface area contributed by atoms with Crippen LogP contribution < -0.4 is 4.57 Å². The van der Waals surface area contributed by atoms with Gasteiger partial charge in [-0.3, -0.25) is 0 Å². The van der Waals surface area contributed by atoms with Gasteiger partial charge in [0.2, 0.25) is 0 Å². The molecule has 0 radical (unpaired) electrons. The van der Waals surface area contributed by atoms with Gasteiger partial charge in [0.1, 0.15) is 12.4 Å². The summed E-state index contributed by atoms with van der Waals surface area (Å²) in [5.41, 5.74) is 0. The van der Waals surface area contributed by atoms with Gasteiger partial charge < -0.3 is 0 Å². The summed E-state index contributed by atoms with van der Waals surface area (Å²) < 4.78 is 5.14. The quantitative estimate of drug-likeness (QED) is 0.101. The zero-order valence-electron chi connectivity index (χ0n) is 23.2. The van der Waals surface area contributed by atoms with Crippen LogP contribution in [-0.4, -0.2) is 4.57 Å². The van der Waals surface area contributed by atoms with Gasteiger partial charge in [-0.2, -0.15) is 0 Å². The van der Waals surface area contributed by atoms with Crippen LogP contribution in [0.3, 0.4) is 0 Å². The van der Waals surface area contributed by atoms with E-state index in [-0.39, 0.29) is 0 Å². The summed E-state index contributed by atoms with van der Waals surface area (Å²) >= 11 is 0. The van der Waals surface area contributed by atoms with Gasteiger partial charge in [0, 0.05) is 6.42 Å². The molecule has 0 spiro atoms. The summed E-state index contributed by atoms with van der Waals surface area (Å²) in [5, 5.41) is 0. The van der Waals surface area contributed by atoms with Crippen LogP contribution in [-0.2, 0) is 19.5 Å². The first-order valence-corrected chi connectivity index (χ1v) is 15.4. The number of aromatic nitrogens is 2. The molecule has 0 bridgehead atoms. The maximum Gasteiger partial charge on any atom is 0.256 e. The minimum atomic E-state index is 1.21. The topological polar surface area (TPSA) is 8.81 Å². The molecule has 0 aliphatic carbocycles. The third-order valence-corrected chi connectivity index (χ3v) is 7.35. The Morgan fingerprint density at radius 3 is 1.45 bits per heavy atom. The molecule has 0 aliphatic heterocycles. The Kier molecular flexibility index (Phi) is 21.1. The van der Waals surface area contributed by atoms with Crippen molar-refractivity contribution in [2.24, 2.45) is 0 Å². The first-order chi connectivity index (χ1) is 16.3. The normalized spacial score (nSPS) is 11.5. The van der Waals surface area contributed by atoms with Crippen LogP contribution in [0.25, 0.3) is 0 Å². The van der Waals surface area contributed by atoms with Crippen molar-refractivity contribution in [1.82, 2.24) is 4.57 Å². The van der Waals surface area contributed by atoms with E-state index in [1.165, 1.54) is 161 Å². The smallest absolute Gasteiger partial charge is 0.234 e. The summed E-state index contributed by atoms with van der Waals surface area (Å²) in [6, 6.07) is 0. The summed E-state index contributed by atoms with van der Waals surface area (Å²) in [4.78, 5) is 0. The van der Waals surface area contributed by atoms with Crippen LogP contribution in [0.4, 0.5) is 0 Å². The molecule has 1 aromatic rings. The highest BCUT2D eigenvalue weighted by atomic mass is 15.1. The second kappa shape index (κ2) is 23.0. The zero-order valence-corrected chi connectivity index (χ0v) is 23.2. The highest BCUT2D eigenvalue weighted by molar-refractivity contribution is 4.84. The van der Waals surface area contributed by atoms with Gasteiger partial charge in [-0.1, -0.05) is 130 Å². The van der Waals surface area contributed by atoms with Crippen molar-refractivity contribution < 1.29 is 4.57 Å². The van der Waals surface area contributed by atoms with E-state index < -0.39 is 0 Å². The average molecular weight is 462 g/mol. The van der Waals surface area contributed by atoms with Gasteiger partial charge in [-0.15, -0.1) is 0 Å². The first kappa shape index (κ1) is 30.2. The largest absolute Gasteiger partial charge is 0.256 e. The van der Waals surface area contributed by atoms with E-state index in [1.807, 2.05) is 0 Å². The molecule has 194 valence electrons. The lowest BCUT2D eigenvalue weighted by atomic mass is 10.0. The Morgan fingerprint density at radius 2 is 0.939 bits per heavy atom. The fourth-order valence-corrected chi connectivity index (χ4v) is 5.09. The third kappa shape index (κ3) is 16.5. The molecule has 0 aliphatic rings. The molecule has 2 nitrogen and oxygen atoms in total. The monoisotopic (exact) mass is 461 g/mol. The standard InChI is InChI=1S/C31H61N2/c1-4-7-10-12-13-14-15-16-17-18-19-20-21-22-23-26-31-32(27-24-9-6-3)29-30-33(31)28-25-11-8-5-2/h29-30H,4-28H2,1-3H3/q+1. The molecule has 0 saturated carbocycles. The highest BCUT2D eigenvalue weighted by Gasteiger charge is 2.16. The molecule has 1 heterocycles. The Balaban J connectivity index is 2.12. The minimum Gasteiger partial charge on any atom is -0.234 e. The molecule has 0 aromatic carbocycles. The van der Waals surface area contributed by atoms with Crippen LogP contribution >= 0.6 is 0 Å². The van der Waals surface area contributed by atoms with E-state index in [4.69, 9.17) is 0 Å². The maximum atomic E-state index is 2.57. The van der Waals surface area contributed by atoms with Gasteiger partial charge in [-0.25, -0.2) is 9.13 Å². The van der Waals surface area contributed by atoms with Crippen molar-refractivity contribution >= 4 is 0 Å². The Labute approximate surface area is 208 Å². The lowest BCUT2D eigenvalue weighted by molar-refractivity contribution is -0.704. The van der Waals surface area contributed by atoms with Crippen molar-refractivity contribution in [3.8, 4) is 0 Å². The molecule has 2 heteroatoms. The lowest BCUT2D eigenvalue weighted by Crippen LogP contribution is -2.37. The third-order valence-electron chi connectivity index (χ3n) is 7.35. The molecule has 0 fully saturated rings. The Morgan fingerprint density at radius 1 is 0.515 bits per heavy atom. The molecular weight excluding hydrogens is 400 g/mol. The summed E-state index contributed by atoms with van der Waals surface area (Å²) in [5.74, 6) is 1.59. The SMILES string of the molecule is CCCCCCCCCCCCCCCCCc1n(CCCCCC)cc[n+]1CCCCC. The maximum absolute atomic E-state index is 2.57. The van der Waals surface area contributed by atoms with E-state index >= 15 is 0 Å². The van der Waals surface area contributed by atoms with Crippen LogP contribution in [0.5, 0.6) is 0 Å². The van der Waals surface area contributed by atoms with Gasteiger partial charge >= 0.3 is 0 Å². The second-order valence-electron chi connectivity index (χ2n) is 10.6. The number of aryl methyl sites for hydroxylation is 2. The van der Waals surface area contributed by atoms with E-state index in [2.05, 4.69) is 42.3 Å². The molecule has 0 unspecified atom stereocenters. The highest BCUT2D eigenvalue weighted by Crippen LogP contribution is 2.14. The van der Waals surface area contributed by atoms with Crippen molar-refractivity contribution in [3.63, 3.8) is 0 Å². The van der Waals surface area contributed by atoms with Gasteiger partial charge in [0.25, 0.3) is 5.82 Å². The van der Waals surface area contributed by atoms with Crippen molar-refractivity contribution in [1.29, 1.82) is 0 Å². The second-order valence-corrected chi connectivity index (χ2v) is 10.6. The molecule has 33 heavy (non-hydrogen) atoms. The lowest BCUT2D eigenvalue weighted by Gasteiger charge is -2.06. The molecule has 1 rings (SSSR count). The fourth-order valence-electron chi connectivity index (χ4n) is 5.09. The Bertz CT molecular complexity index is 519. The molecular formula is C31H61N2+. The van der Waals surface area contributed by atoms with Crippen molar-refractivity contribution in [2.75, 3.05) is 0 Å². The summed E-state index contributed by atoms with van der Waals surface area (Å²) in [6.45, 7) is 9.34. The van der Waals surface area contributed by atoms with Crippen molar-refractivity contribution in [3.05, 3.63) is 18.2 Å². The van der Waals surface area contributed by atoms with Gasteiger partial charge in [0.15, 0.2) is 0 Å². The number of unbranched alkanes of at least 4 members (excludes halogenated alkanes) is 19. The van der Waals surface area contributed by atoms with Crippen LogP contribution in [0.1, 0.15) is 168 Å². The number of hydrogen-bond donors (Lipinski definition) is 0. The van der Waals surface area contributed by atoms with Crippen LogP contribution in [0, 0.1) is 0 Å². The molecule has 1 aromatic heterocycles. The summed E-state index contributed by atoms with van der Waals surface area (Å²) in [6.07, 6.45) is 37.1.